The number of sulfonamides is 1. The van der Waals surface area contributed by atoms with Gasteiger partial charge in [0.15, 0.2) is 0 Å². The molecule has 0 bridgehead atoms. The molecule has 2 heterocycles. The predicted octanol–water partition coefficient (Wildman–Crippen LogP) is 3.51. The first-order valence-corrected chi connectivity index (χ1v) is 10.5. The summed E-state index contributed by atoms with van der Waals surface area (Å²) >= 11 is 3.28. The van der Waals surface area contributed by atoms with E-state index in [9.17, 15) is 8.42 Å². The fourth-order valence-electron chi connectivity index (χ4n) is 3.31. The van der Waals surface area contributed by atoms with Gasteiger partial charge in [-0.3, -0.25) is 8.99 Å². The van der Waals surface area contributed by atoms with E-state index < -0.39 is 10.0 Å². The molecule has 0 spiro atoms. The minimum atomic E-state index is -3.79. The molecule has 1 unspecified atom stereocenters. The Bertz CT molecular complexity index is 1140. The first kappa shape index (κ1) is 17.8. The van der Waals surface area contributed by atoms with Gasteiger partial charge in [0.2, 0.25) is 0 Å². The number of fused-ring (bicyclic) bond motifs is 1. The van der Waals surface area contributed by atoms with Crippen LogP contribution in [-0.4, -0.2) is 24.7 Å². The van der Waals surface area contributed by atoms with Crippen molar-refractivity contribution in [1.29, 1.82) is 5.26 Å². The summed E-state index contributed by atoms with van der Waals surface area (Å²) in [7, 11) is -3.79. The monoisotopic (exact) mass is 442 g/mol. The van der Waals surface area contributed by atoms with Crippen LogP contribution in [0.25, 0.3) is 0 Å². The van der Waals surface area contributed by atoms with E-state index >= 15 is 0 Å². The standard InChI is InChI=1S/C19H15BrN4O2S/c20-18-11-17(7-6-15(18)12-21)27(25,26)24-13-16(23-9-3-8-22-23)10-14-4-1-2-5-19(14)24/h1-9,11,16H,10,13H2. The second kappa shape index (κ2) is 6.83. The molecule has 0 radical (unpaired) electrons. The minimum Gasteiger partial charge on any atom is -0.268 e. The van der Waals surface area contributed by atoms with Crippen LogP contribution in [0.4, 0.5) is 5.69 Å². The van der Waals surface area contributed by atoms with E-state index in [1.54, 1.807) is 10.9 Å². The van der Waals surface area contributed by atoms with Crippen molar-refractivity contribution in [3.05, 3.63) is 76.5 Å². The summed E-state index contributed by atoms with van der Waals surface area (Å²) in [5.41, 5.74) is 2.03. The number of nitrogens with zero attached hydrogens (tertiary/aromatic N) is 4. The van der Waals surface area contributed by atoms with E-state index in [-0.39, 0.29) is 10.9 Å². The molecule has 3 aromatic rings. The molecule has 2 aromatic carbocycles. The molecule has 27 heavy (non-hydrogen) atoms. The third-order valence-corrected chi connectivity index (χ3v) is 7.07. The summed E-state index contributed by atoms with van der Waals surface area (Å²) in [6.45, 7) is 0.290. The molecule has 136 valence electrons. The molecule has 1 aliphatic rings. The molecular formula is C19H15BrN4O2S. The van der Waals surface area contributed by atoms with Gasteiger partial charge >= 0.3 is 0 Å². The summed E-state index contributed by atoms with van der Waals surface area (Å²) in [5, 5.41) is 13.4. The van der Waals surface area contributed by atoms with Gasteiger partial charge < -0.3 is 0 Å². The fourth-order valence-corrected chi connectivity index (χ4v) is 5.50. The van der Waals surface area contributed by atoms with E-state index in [2.05, 4.69) is 21.0 Å². The smallest absolute Gasteiger partial charge is 0.264 e. The summed E-state index contributed by atoms with van der Waals surface area (Å²) in [5.74, 6) is 0. The summed E-state index contributed by atoms with van der Waals surface area (Å²) in [6.07, 6.45) is 4.25. The van der Waals surface area contributed by atoms with Gasteiger partial charge in [0.05, 0.1) is 28.7 Å². The molecule has 1 atom stereocenters. The van der Waals surface area contributed by atoms with Crippen molar-refractivity contribution in [3.8, 4) is 6.07 Å². The second-order valence-electron chi connectivity index (χ2n) is 6.26. The van der Waals surface area contributed by atoms with Crippen LogP contribution in [0, 0.1) is 11.3 Å². The van der Waals surface area contributed by atoms with Gasteiger partial charge in [0.25, 0.3) is 10.0 Å². The number of para-hydroxylation sites is 1. The van der Waals surface area contributed by atoms with Crippen LogP contribution in [-0.2, 0) is 16.4 Å². The topological polar surface area (TPSA) is 79.0 Å². The molecule has 6 nitrogen and oxygen atoms in total. The van der Waals surface area contributed by atoms with Crippen LogP contribution in [0.5, 0.6) is 0 Å². The minimum absolute atomic E-state index is 0.0912. The lowest BCUT2D eigenvalue weighted by atomic mass is 10.00. The van der Waals surface area contributed by atoms with Gasteiger partial charge in [-0.2, -0.15) is 10.4 Å². The molecule has 0 saturated carbocycles. The lowest BCUT2D eigenvalue weighted by Crippen LogP contribution is -2.41. The predicted molar refractivity (Wildman–Crippen MR) is 105 cm³/mol. The number of hydrogen-bond acceptors (Lipinski definition) is 4. The molecule has 0 amide bonds. The van der Waals surface area contributed by atoms with Crippen LogP contribution in [0.15, 0.2) is 70.3 Å². The van der Waals surface area contributed by atoms with Crippen molar-refractivity contribution < 1.29 is 8.42 Å². The van der Waals surface area contributed by atoms with E-state index in [1.807, 2.05) is 42.6 Å². The fraction of sp³-hybridized carbons (Fsp3) is 0.158. The third kappa shape index (κ3) is 3.13. The van der Waals surface area contributed by atoms with Gasteiger partial charge in [-0.15, -0.1) is 0 Å². The average molecular weight is 443 g/mol. The summed E-state index contributed by atoms with van der Waals surface area (Å²) in [4.78, 5) is 0.143. The molecule has 8 heteroatoms. The lowest BCUT2D eigenvalue weighted by molar-refractivity contribution is 0.446. The average Bonchev–Trinajstić information content (AvgIpc) is 3.21. The number of aromatic nitrogens is 2. The first-order chi connectivity index (χ1) is 13.0. The van der Waals surface area contributed by atoms with Gasteiger partial charge in [-0.25, -0.2) is 8.42 Å². The Morgan fingerprint density at radius 3 is 2.70 bits per heavy atom. The Balaban J connectivity index is 1.81. The normalized spacial score (nSPS) is 16.6. The molecule has 0 aliphatic carbocycles. The number of benzene rings is 2. The van der Waals surface area contributed by atoms with Crippen molar-refractivity contribution in [3.63, 3.8) is 0 Å². The van der Waals surface area contributed by atoms with E-state index in [1.165, 1.54) is 22.5 Å². The van der Waals surface area contributed by atoms with E-state index in [0.29, 0.717) is 28.7 Å². The quantitative estimate of drug-likeness (QED) is 0.621. The number of hydrogen-bond donors (Lipinski definition) is 0. The van der Waals surface area contributed by atoms with Crippen molar-refractivity contribution in [2.24, 2.45) is 0 Å². The first-order valence-electron chi connectivity index (χ1n) is 8.30. The van der Waals surface area contributed by atoms with Crippen molar-refractivity contribution in [2.45, 2.75) is 17.4 Å². The number of rotatable bonds is 3. The molecule has 0 saturated heterocycles. The van der Waals surface area contributed by atoms with E-state index in [4.69, 9.17) is 5.26 Å². The highest BCUT2D eigenvalue weighted by atomic mass is 79.9. The molecule has 1 aliphatic heterocycles. The molecule has 4 rings (SSSR count). The Kier molecular flexibility index (Phi) is 4.50. The van der Waals surface area contributed by atoms with Gasteiger partial charge in [-0.05, 0) is 58.2 Å². The highest BCUT2D eigenvalue weighted by molar-refractivity contribution is 9.10. The zero-order chi connectivity index (χ0) is 19.0. The van der Waals surface area contributed by atoms with Crippen molar-refractivity contribution >= 4 is 31.6 Å². The number of halogens is 1. The summed E-state index contributed by atoms with van der Waals surface area (Å²) in [6, 6.07) is 15.7. The second-order valence-corrected chi connectivity index (χ2v) is 8.98. The highest BCUT2D eigenvalue weighted by Gasteiger charge is 2.34. The molecular weight excluding hydrogens is 428 g/mol. The van der Waals surface area contributed by atoms with E-state index in [0.717, 1.165) is 5.56 Å². The zero-order valence-electron chi connectivity index (χ0n) is 14.2. The van der Waals surface area contributed by atoms with Crippen LogP contribution < -0.4 is 4.31 Å². The van der Waals surface area contributed by atoms with Gasteiger partial charge in [0.1, 0.15) is 6.07 Å². The number of nitriles is 1. The van der Waals surface area contributed by atoms with Crippen LogP contribution in [0.1, 0.15) is 17.2 Å². The Labute approximate surface area is 165 Å². The van der Waals surface area contributed by atoms with Crippen LogP contribution >= 0.6 is 15.9 Å². The highest BCUT2D eigenvalue weighted by Crippen LogP contribution is 2.36. The van der Waals surface area contributed by atoms with Crippen LogP contribution in [0.3, 0.4) is 0 Å². The zero-order valence-corrected chi connectivity index (χ0v) is 16.6. The Hall–Kier alpha value is -2.63. The largest absolute Gasteiger partial charge is 0.268 e. The molecule has 0 N–H and O–H groups in total. The Morgan fingerprint density at radius 2 is 2.00 bits per heavy atom. The summed E-state index contributed by atoms with van der Waals surface area (Å²) < 4.78 is 30.5. The SMILES string of the molecule is N#Cc1ccc(S(=O)(=O)N2CC(n3cccn3)Cc3ccccc32)cc1Br. The number of anilines is 1. The van der Waals surface area contributed by atoms with Crippen molar-refractivity contribution in [2.75, 3.05) is 10.8 Å². The maximum absolute atomic E-state index is 13.4. The molecule has 0 fully saturated rings. The van der Waals surface area contributed by atoms with Gasteiger partial charge in [-0.1, -0.05) is 18.2 Å². The lowest BCUT2D eigenvalue weighted by Gasteiger charge is -2.35. The Morgan fingerprint density at radius 1 is 1.19 bits per heavy atom. The van der Waals surface area contributed by atoms with Gasteiger partial charge in [0, 0.05) is 16.9 Å². The molecule has 1 aromatic heterocycles. The third-order valence-electron chi connectivity index (χ3n) is 4.64. The maximum atomic E-state index is 13.4. The van der Waals surface area contributed by atoms with Crippen LogP contribution in [0.2, 0.25) is 0 Å². The maximum Gasteiger partial charge on any atom is 0.264 e. The van der Waals surface area contributed by atoms with Crippen molar-refractivity contribution in [1.82, 2.24) is 9.78 Å².